The molecule has 2 N–H and O–H groups in total. The molecular formula is C17H26FN3O2. The highest BCUT2D eigenvalue weighted by atomic mass is 19.1. The van der Waals surface area contributed by atoms with E-state index < -0.39 is 0 Å². The molecule has 5 nitrogen and oxygen atoms in total. The summed E-state index contributed by atoms with van der Waals surface area (Å²) in [4.78, 5) is 4.60. The molecule has 1 fully saturated rings. The Labute approximate surface area is 137 Å². The molecule has 1 atom stereocenters. The highest BCUT2D eigenvalue weighted by molar-refractivity contribution is 5.79. The Balaban J connectivity index is 1.81. The van der Waals surface area contributed by atoms with E-state index in [1.807, 2.05) is 13.8 Å². The van der Waals surface area contributed by atoms with Crippen LogP contribution in [-0.4, -0.2) is 44.9 Å². The third-order valence-corrected chi connectivity index (χ3v) is 3.55. The predicted octanol–water partition coefficient (Wildman–Crippen LogP) is 2.18. The number of rotatable bonds is 7. The van der Waals surface area contributed by atoms with Crippen molar-refractivity contribution >= 4 is 5.96 Å². The molecule has 1 aliphatic heterocycles. The molecule has 1 aliphatic rings. The maximum Gasteiger partial charge on any atom is 0.191 e. The number of halogens is 1. The van der Waals surface area contributed by atoms with Gasteiger partial charge in [0.2, 0.25) is 0 Å². The highest BCUT2D eigenvalue weighted by Gasteiger charge is 2.33. The van der Waals surface area contributed by atoms with Crippen molar-refractivity contribution in [1.29, 1.82) is 0 Å². The molecule has 1 heterocycles. The molecule has 0 spiro atoms. The van der Waals surface area contributed by atoms with Crippen LogP contribution in [0.4, 0.5) is 4.39 Å². The lowest BCUT2D eigenvalue weighted by molar-refractivity contribution is -0.0945. The lowest BCUT2D eigenvalue weighted by Crippen LogP contribution is -2.45. The van der Waals surface area contributed by atoms with Gasteiger partial charge in [-0.2, -0.15) is 0 Å². The molecule has 1 unspecified atom stereocenters. The zero-order chi connectivity index (χ0) is 16.7. The molecule has 1 aromatic rings. The minimum atomic E-state index is -0.298. The lowest BCUT2D eigenvalue weighted by atomic mass is 9.89. The average Bonchev–Trinajstić information content (AvgIpc) is 2.48. The van der Waals surface area contributed by atoms with Gasteiger partial charge >= 0.3 is 0 Å². The molecule has 1 saturated heterocycles. The van der Waals surface area contributed by atoms with E-state index in [1.165, 1.54) is 12.1 Å². The van der Waals surface area contributed by atoms with Gasteiger partial charge in [0.05, 0.1) is 26.3 Å². The van der Waals surface area contributed by atoms with Crippen molar-refractivity contribution < 1.29 is 13.9 Å². The number of benzene rings is 1. The molecule has 2 rings (SSSR count). The van der Waals surface area contributed by atoms with Gasteiger partial charge in [0, 0.05) is 18.0 Å². The van der Waals surface area contributed by atoms with Gasteiger partial charge < -0.3 is 20.1 Å². The number of aliphatic imine (C=N–C) groups is 1. The van der Waals surface area contributed by atoms with E-state index in [2.05, 4.69) is 22.5 Å². The summed E-state index contributed by atoms with van der Waals surface area (Å²) < 4.78 is 24.1. The lowest BCUT2D eigenvalue weighted by Gasteiger charge is -2.36. The summed E-state index contributed by atoms with van der Waals surface area (Å²) >= 11 is 0. The van der Waals surface area contributed by atoms with Crippen LogP contribution < -0.4 is 15.4 Å². The Hall–Kier alpha value is -1.82. The monoisotopic (exact) mass is 323 g/mol. The fourth-order valence-corrected chi connectivity index (χ4v) is 2.21. The Kier molecular flexibility index (Phi) is 6.21. The SMILES string of the molecule is CCNC(=NCC1(C)COC1)NCC(C)Oc1cccc(F)c1. The summed E-state index contributed by atoms with van der Waals surface area (Å²) in [6.07, 6.45) is -0.108. The number of ether oxygens (including phenoxy) is 2. The van der Waals surface area contributed by atoms with Crippen LogP contribution >= 0.6 is 0 Å². The Morgan fingerprint density at radius 1 is 1.43 bits per heavy atom. The van der Waals surface area contributed by atoms with Crippen molar-refractivity contribution in [1.82, 2.24) is 10.6 Å². The molecule has 128 valence electrons. The van der Waals surface area contributed by atoms with Crippen LogP contribution in [0.15, 0.2) is 29.3 Å². The Bertz CT molecular complexity index is 532. The highest BCUT2D eigenvalue weighted by Crippen LogP contribution is 2.26. The molecule has 0 aliphatic carbocycles. The van der Waals surface area contributed by atoms with E-state index in [1.54, 1.807) is 12.1 Å². The topological polar surface area (TPSA) is 54.9 Å². The van der Waals surface area contributed by atoms with Gasteiger partial charge in [-0.3, -0.25) is 4.99 Å². The zero-order valence-electron chi connectivity index (χ0n) is 14.1. The summed E-state index contributed by atoms with van der Waals surface area (Å²) in [7, 11) is 0. The molecular weight excluding hydrogens is 297 g/mol. The number of hydrogen-bond donors (Lipinski definition) is 2. The molecule has 6 heteroatoms. The second kappa shape index (κ2) is 8.15. The maximum atomic E-state index is 13.1. The Morgan fingerprint density at radius 2 is 2.22 bits per heavy atom. The van der Waals surface area contributed by atoms with Crippen LogP contribution in [0.3, 0.4) is 0 Å². The third kappa shape index (κ3) is 5.71. The van der Waals surface area contributed by atoms with Gasteiger partial charge in [-0.05, 0) is 26.0 Å². The first-order valence-corrected chi connectivity index (χ1v) is 8.03. The second-order valence-electron chi connectivity index (χ2n) is 6.27. The van der Waals surface area contributed by atoms with Crippen molar-refractivity contribution in [2.24, 2.45) is 10.4 Å². The van der Waals surface area contributed by atoms with Crippen LogP contribution in [-0.2, 0) is 4.74 Å². The van der Waals surface area contributed by atoms with Gasteiger partial charge in [0.15, 0.2) is 5.96 Å². The first kappa shape index (κ1) is 17.5. The van der Waals surface area contributed by atoms with E-state index in [-0.39, 0.29) is 17.3 Å². The molecule has 1 aromatic carbocycles. The predicted molar refractivity (Wildman–Crippen MR) is 89.4 cm³/mol. The second-order valence-corrected chi connectivity index (χ2v) is 6.27. The smallest absolute Gasteiger partial charge is 0.191 e. The van der Waals surface area contributed by atoms with Crippen molar-refractivity contribution in [3.8, 4) is 5.75 Å². The van der Waals surface area contributed by atoms with E-state index in [9.17, 15) is 4.39 Å². The summed E-state index contributed by atoms with van der Waals surface area (Å²) in [6.45, 7) is 9.74. The number of nitrogens with one attached hydrogen (secondary N) is 2. The molecule has 0 radical (unpaired) electrons. The number of guanidine groups is 1. The maximum absolute atomic E-state index is 13.1. The summed E-state index contributed by atoms with van der Waals surface area (Å²) in [6, 6.07) is 6.16. The van der Waals surface area contributed by atoms with Crippen LogP contribution in [0.1, 0.15) is 20.8 Å². The largest absolute Gasteiger partial charge is 0.489 e. The Morgan fingerprint density at radius 3 is 2.83 bits per heavy atom. The summed E-state index contributed by atoms with van der Waals surface area (Å²) in [5.74, 6) is 0.990. The quantitative estimate of drug-likeness (QED) is 0.596. The fourth-order valence-electron chi connectivity index (χ4n) is 2.21. The summed E-state index contributed by atoms with van der Waals surface area (Å²) in [5.41, 5.74) is 0.145. The molecule has 0 aromatic heterocycles. The van der Waals surface area contributed by atoms with Gasteiger partial charge in [0.1, 0.15) is 17.7 Å². The van der Waals surface area contributed by atoms with E-state index in [4.69, 9.17) is 9.47 Å². The minimum Gasteiger partial charge on any atom is -0.489 e. The van der Waals surface area contributed by atoms with E-state index >= 15 is 0 Å². The third-order valence-electron chi connectivity index (χ3n) is 3.55. The minimum absolute atomic E-state index is 0.108. The fraction of sp³-hybridized carbons (Fsp3) is 0.588. The van der Waals surface area contributed by atoms with E-state index in [0.29, 0.717) is 12.3 Å². The standard InChI is InChI=1S/C17H26FN3O2/c1-4-19-16(21-10-17(3)11-22-12-17)20-9-13(2)23-15-7-5-6-14(18)8-15/h5-8,13H,4,9-12H2,1-3H3,(H2,19,20,21). The first-order valence-electron chi connectivity index (χ1n) is 8.03. The first-order chi connectivity index (χ1) is 11.0. The van der Waals surface area contributed by atoms with Gasteiger partial charge in [-0.1, -0.05) is 13.0 Å². The van der Waals surface area contributed by atoms with Crippen LogP contribution in [0.25, 0.3) is 0 Å². The molecule has 0 saturated carbocycles. The van der Waals surface area contributed by atoms with Crippen LogP contribution in [0.2, 0.25) is 0 Å². The van der Waals surface area contributed by atoms with Gasteiger partial charge in [-0.25, -0.2) is 4.39 Å². The molecule has 0 amide bonds. The summed E-state index contributed by atoms with van der Waals surface area (Å²) in [5, 5.41) is 6.47. The number of nitrogens with zero attached hydrogens (tertiary/aromatic N) is 1. The zero-order valence-corrected chi connectivity index (χ0v) is 14.1. The van der Waals surface area contributed by atoms with Crippen molar-refractivity contribution in [2.45, 2.75) is 26.9 Å². The van der Waals surface area contributed by atoms with Gasteiger partial charge in [-0.15, -0.1) is 0 Å². The van der Waals surface area contributed by atoms with Gasteiger partial charge in [0.25, 0.3) is 0 Å². The van der Waals surface area contributed by atoms with Crippen molar-refractivity contribution in [3.05, 3.63) is 30.1 Å². The normalized spacial score (nSPS) is 18.0. The number of hydrogen-bond acceptors (Lipinski definition) is 3. The molecule has 23 heavy (non-hydrogen) atoms. The van der Waals surface area contributed by atoms with Crippen LogP contribution in [0, 0.1) is 11.2 Å². The van der Waals surface area contributed by atoms with Crippen LogP contribution in [0.5, 0.6) is 5.75 Å². The van der Waals surface area contributed by atoms with E-state index in [0.717, 1.165) is 32.3 Å². The molecule has 0 bridgehead atoms. The van der Waals surface area contributed by atoms with Crippen molar-refractivity contribution in [2.75, 3.05) is 32.8 Å². The van der Waals surface area contributed by atoms with Crippen molar-refractivity contribution in [3.63, 3.8) is 0 Å². The average molecular weight is 323 g/mol.